The van der Waals surface area contributed by atoms with Crippen LogP contribution in [-0.2, 0) is 0 Å². The normalized spacial score (nSPS) is 19.2. The summed E-state index contributed by atoms with van der Waals surface area (Å²) < 4.78 is 35.4. The zero-order valence-corrected chi connectivity index (χ0v) is 10.7. The van der Waals surface area contributed by atoms with Gasteiger partial charge in [-0.1, -0.05) is 0 Å². The Bertz CT molecular complexity index is 454. The Kier molecular flexibility index (Phi) is 3.68. The molecule has 0 aliphatic heterocycles. The molecule has 0 bridgehead atoms. The number of hydrogen-bond acceptors (Lipinski definition) is 5. The molecule has 1 heterocycles. The predicted octanol–water partition coefficient (Wildman–Crippen LogP) is 1.73. The molecule has 1 amide bonds. The zero-order valence-electron chi connectivity index (χ0n) is 10.7. The number of rotatable bonds is 3. The highest BCUT2D eigenvalue weighted by Gasteiger charge is 2.38. The second-order valence-electron chi connectivity index (χ2n) is 4.63. The highest BCUT2D eigenvalue weighted by atomic mass is 19.3. The Morgan fingerprint density at radius 3 is 2.63 bits per heavy atom. The van der Waals surface area contributed by atoms with Crippen molar-refractivity contribution >= 4 is 5.91 Å². The highest BCUT2D eigenvalue weighted by molar-refractivity contribution is 5.94. The second-order valence-corrected chi connectivity index (χ2v) is 4.63. The standard InChI is InChI=1S/C11H15F2N3O3/c1-16(7-3-5-11(12,13)6-4-7)10(17)8-9(18-2)15-19-14-8/h7H,3-6H2,1-2H3. The van der Waals surface area contributed by atoms with Crippen molar-refractivity contribution in [2.75, 3.05) is 14.2 Å². The van der Waals surface area contributed by atoms with E-state index in [1.54, 1.807) is 7.05 Å². The molecule has 2 rings (SSSR count). The Morgan fingerprint density at radius 1 is 1.42 bits per heavy atom. The van der Waals surface area contributed by atoms with Crippen molar-refractivity contribution in [3.05, 3.63) is 5.69 Å². The Morgan fingerprint density at radius 2 is 2.05 bits per heavy atom. The van der Waals surface area contributed by atoms with Gasteiger partial charge in [0.15, 0.2) is 0 Å². The molecule has 1 saturated carbocycles. The van der Waals surface area contributed by atoms with E-state index in [0.29, 0.717) is 0 Å². The average molecular weight is 275 g/mol. The van der Waals surface area contributed by atoms with Crippen molar-refractivity contribution in [1.82, 2.24) is 15.2 Å². The number of hydrogen-bond donors (Lipinski definition) is 0. The summed E-state index contributed by atoms with van der Waals surface area (Å²) in [6.07, 6.45) is 0.124. The van der Waals surface area contributed by atoms with Crippen LogP contribution in [0.25, 0.3) is 0 Å². The summed E-state index contributed by atoms with van der Waals surface area (Å²) in [6, 6.07) is -0.228. The minimum atomic E-state index is -2.62. The second kappa shape index (κ2) is 5.10. The SMILES string of the molecule is COc1nonc1C(=O)N(C)C1CCC(F)(F)CC1. The third kappa shape index (κ3) is 2.82. The molecule has 6 nitrogen and oxygen atoms in total. The van der Waals surface area contributed by atoms with Crippen molar-refractivity contribution in [2.45, 2.75) is 37.6 Å². The first kappa shape index (κ1) is 13.7. The number of methoxy groups -OCH3 is 1. The number of carbonyl (C=O) groups is 1. The maximum absolute atomic E-state index is 13.1. The monoisotopic (exact) mass is 275 g/mol. The van der Waals surface area contributed by atoms with Gasteiger partial charge >= 0.3 is 0 Å². The van der Waals surface area contributed by atoms with Gasteiger partial charge in [0.2, 0.25) is 11.6 Å². The lowest BCUT2D eigenvalue weighted by Crippen LogP contribution is -2.42. The lowest BCUT2D eigenvalue weighted by atomic mass is 9.91. The molecular weight excluding hydrogens is 260 g/mol. The lowest BCUT2D eigenvalue weighted by Gasteiger charge is -2.34. The van der Waals surface area contributed by atoms with E-state index in [2.05, 4.69) is 14.9 Å². The van der Waals surface area contributed by atoms with Crippen LogP contribution in [0.5, 0.6) is 5.88 Å². The lowest BCUT2D eigenvalue weighted by molar-refractivity contribution is -0.0491. The smallest absolute Gasteiger partial charge is 0.288 e. The number of carbonyl (C=O) groups excluding carboxylic acids is 1. The molecule has 0 atom stereocenters. The van der Waals surface area contributed by atoms with Gasteiger partial charge in [-0.25, -0.2) is 13.4 Å². The van der Waals surface area contributed by atoms with E-state index in [-0.39, 0.29) is 43.3 Å². The highest BCUT2D eigenvalue weighted by Crippen LogP contribution is 2.35. The summed E-state index contributed by atoms with van der Waals surface area (Å²) >= 11 is 0. The average Bonchev–Trinajstić information content (AvgIpc) is 2.85. The van der Waals surface area contributed by atoms with Crippen LogP contribution in [0.2, 0.25) is 0 Å². The number of amides is 1. The van der Waals surface area contributed by atoms with Gasteiger partial charge in [-0.3, -0.25) is 4.79 Å². The van der Waals surface area contributed by atoms with E-state index in [0.717, 1.165) is 0 Å². The maximum atomic E-state index is 13.1. The predicted molar refractivity (Wildman–Crippen MR) is 60.1 cm³/mol. The van der Waals surface area contributed by atoms with E-state index >= 15 is 0 Å². The van der Waals surface area contributed by atoms with Crippen LogP contribution in [0.15, 0.2) is 4.63 Å². The van der Waals surface area contributed by atoms with Crippen LogP contribution < -0.4 is 4.74 Å². The first-order chi connectivity index (χ1) is 8.94. The molecule has 0 aromatic carbocycles. The van der Waals surface area contributed by atoms with Crippen molar-refractivity contribution in [3.8, 4) is 5.88 Å². The molecule has 0 unspecified atom stereocenters. The van der Waals surface area contributed by atoms with Crippen LogP contribution in [0.1, 0.15) is 36.2 Å². The van der Waals surface area contributed by atoms with Crippen molar-refractivity contribution < 1.29 is 22.9 Å². The van der Waals surface area contributed by atoms with Crippen molar-refractivity contribution in [1.29, 1.82) is 0 Å². The first-order valence-electron chi connectivity index (χ1n) is 5.96. The molecule has 0 radical (unpaired) electrons. The minimum Gasteiger partial charge on any atom is -0.477 e. The van der Waals surface area contributed by atoms with Crippen LogP contribution in [0.3, 0.4) is 0 Å². The van der Waals surface area contributed by atoms with Gasteiger partial charge in [0.25, 0.3) is 11.8 Å². The third-order valence-corrected chi connectivity index (χ3v) is 3.41. The largest absolute Gasteiger partial charge is 0.477 e. The fourth-order valence-electron chi connectivity index (χ4n) is 2.19. The first-order valence-corrected chi connectivity index (χ1v) is 5.96. The molecule has 1 aromatic rings. The van der Waals surface area contributed by atoms with E-state index in [4.69, 9.17) is 4.74 Å². The van der Waals surface area contributed by atoms with Gasteiger partial charge in [0, 0.05) is 25.9 Å². The van der Waals surface area contributed by atoms with Gasteiger partial charge in [0.05, 0.1) is 7.11 Å². The quantitative estimate of drug-likeness (QED) is 0.840. The maximum Gasteiger partial charge on any atom is 0.288 e. The number of ether oxygens (including phenoxy) is 1. The third-order valence-electron chi connectivity index (χ3n) is 3.41. The number of aromatic nitrogens is 2. The fraction of sp³-hybridized carbons (Fsp3) is 0.727. The zero-order chi connectivity index (χ0) is 14.0. The summed E-state index contributed by atoms with van der Waals surface area (Å²) in [7, 11) is 2.90. The molecule has 1 fully saturated rings. The Hall–Kier alpha value is -1.73. The van der Waals surface area contributed by atoms with Gasteiger partial charge < -0.3 is 9.64 Å². The van der Waals surface area contributed by atoms with Gasteiger partial charge in [0.1, 0.15) is 0 Å². The summed E-state index contributed by atoms with van der Waals surface area (Å²) in [6.45, 7) is 0. The van der Waals surface area contributed by atoms with Crippen molar-refractivity contribution in [2.24, 2.45) is 0 Å². The summed E-state index contributed by atoms with van der Waals surface area (Å²) in [5.74, 6) is -3.06. The summed E-state index contributed by atoms with van der Waals surface area (Å²) in [5.41, 5.74) is -0.0395. The molecule has 19 heavy (non-hydrogen) atoms. The Labute approximate surface area is 108 Å². The van der Waals surface area contributed by atoms with Crippen LogP contribution >= 0.6 is 0 Å². The topological polar surface area (TPSA) is 68.5 Å². The number of alkyl halides is 2. The van der Waals surface area contributed by atoms with E-state index in [1.165, 1.54) is 12.0 Å². The van der Waals surface area contributed by atoms with Gasteiger partial charge in [-0.05, 0) is 23.2 Å². The van der Waals surface area contributed by atoms with Crippen molar-refractivity contribution in [3.63, 3.8) is 0 Å². The molecule has 0 spiro atoms. The van der Waals surface area contributed by atoms with Gasteiger partial charge in [-0.2, -0.15) is 0 Å². The van der Waals surface area contributed by atoms with E-state index in [9.17, 15) is 13.6 Å². The van der Waals surface area contributed by atoms with Gasteiger partial charge in [-0.15, -0.1) is 0 Å². The van der Waals surface area contributed by atoms with E-state index in [1.807, 2.05) is 0 Å². The van der Waals surface area contributed by atoms with Crippen LogP contribution in [-0.4, -0.2) is 47.2 Å². The number of nitrogens with zero attached hydrogens (tertiary/aromatic N) is 3. The molecule has 1 aromatic heterocycles. The Balaban J connectivity index is 2.04. The molecule has 106 valence electrons. The van der Waals surface area contributed by atoms with Crippen LogP contribution in [0, 0.1) is 0 Å². The molecule has 0 N–H and O–H groups in total. The van der Waals surface area contributed by atoms with E-state index < -0.39 is 11.8 Å². The number of halogens is 2. The molecular formula is C11H15F2N3O3. The summed E-state index contributed by atoms with van der Waals surface area (Å²) in [4.78, 5) is 13.5. The van der Waals surface area contributed by atoms with Crippen LogP contribution in [0.4, 0.5) is 8.78 Å². The molecule has 1 aliphatic carbocycles. The molecule has 8 heteroatoms. The summed E-state index contributed by atoms with van der Waals surface area (Å²) in [5, 5.41) is 6.91. The molecule has 0 saturated heterocycles. The molecule has 1 aliphatic rings. The minimum absolute atomic E-state index is 0.00186. The fourth-order valence-corrected chi connectivity index (χ4v) is 2.19.